The van der Waals surface area contributed by atoms with Crippen LogP contribution in [0.25, 0.3) is 0 Å². The number of benzene rings is 1. The van der Waals surface area contributed by atoms with Crippen molar-refractivity contribution in [3.63, 3.8) is 0 Å². The van der Waals surface area contributed by atoms with Crippen molar-refractivity contribution in [2.24, 2.45) is 5.92 Å². The summed E-state index contributed by atoms with van der Waals surface area (Å²) in [4.78, 5) is 0. The summed E-state index contributed by atoms with van der Waals surface area (Å²) in [6.45, 7) is 3.64. The molecular formula is C16H24N2. The molecule has 0 amide bonds. The molecule has 1 unspecified atom stereocenters. The lowest BCUT2D eigenvalue weighted by atomic mass is 10.0. The van der Waals surface area contributed by atoms with Crippen LogP contribution in [-0.2, 0) is 0 Å². The zero-order chi connectivity index (χ0) is 12.2. The van der Waals surface area contributed by atoms with Crippen LogP contribution in [-0.4, -0.2) is 25.7 Å². The molecule has 0 bridgehead atoms. The zero-order valence-electron chi connectivity index (χ0n) is 11.1. The van der Waals surface area contributed by atoms with Gasteiger partial charge in [-0.05, 0) is 56.8 Å². The Labute approximate surface area is 110 Å². The van der Waals surface area contributed by atoms with Gasteiger partial charge in [-0.15, -0.1) is 0 Å². The Balaban J connectivity index is 1.43. The molecule has 0 spiro atoms. The summed E-state index contributed by atoms with van der Waals surface area (Å²) < 4.78 is 0. The third kappa shape index (κ3) is 3.12. The first kappa shape index (κ1) is 12.2. The minimum atomic E-state index is 0.739. The van der Waals surface area contributed by atoms with E-state index in [0.29, 0.717) is 0 Å². The minimum Gasteiger partial charge on any atom is -0.317 e. The Kier molecular flexibility index (Phi) is 3.96. The smallest absolute Gasteiger partial charge is 0.0143 e. The predicted molar refractivity (Wildman–Crippen MR) is 75.8 cm³/mol. The molecular weight excluding hydrogens is 220 g/mol. The van der Waals surface area contributed by atoms with Crippen LogP contribution < -0.4 is 10.6 Å². The summed E-state index contributed by atoms with van der Waals surface area (Å²) in [5.41, 5.74) is 1.51. The van der Waals surface area contributed by atoms with Gasteiger partial charge in [0.1, 0.15) is 0 Å². The summed E-state index contributed by atoms with van der Waals surface area (Å²) in [7, 11) is 0. The van der Waals surface area contributed by atoms with E-state index in [2.05, 4.69) is 41.0 Å². The van der Waals surface area contributed by atoms with Gasteiger partial charge in [0.25, 0.3) is 0 Å². The van der Waals surface area contributed by atoms with Gasteiger partial charge in [-0.1, -0.05) is 30.3 Å². The topological polar surface area (TPSA) is 24.1 Å². The second kappa shape index (κ2) is 5.85. The second-order valence-corrected chi connectivity index (χ2v) is 5.81. The summed E-state index contributed by atoms with van der Waals surface area (Å²) in [5, 5.41) is 7.26. The molecule has 2 nitrogen and oxygen atoms in total. The Bertz CT molecular complexity index is 355. The molecule has 2 fully saturated rings. The zero-order valence-corrected chi connectivity index (χ0v) is 11.1. The van der Waals surface area contributed by atoms with E-state index in [-0.39, 0.29) is 0 Å². The van der Waals surface area contributed by atoms with Crippen molar-refractivity contribution < 1.29 is 0 Å². The number of nitrogens with one attached hydrogen (secondary N) is 2. The van der Waals surface area contributed by atoms with E-state index in [1.165, 1.54) is 50.9 Å². The van der Waals surface area contributed by atoms with Gasteiger partial charge in [0.2, 0.25) is 0 Å². The molecule has 2 heteroatoms. The average Bonchev–Trinajstić information content (AvgIpc) is 3.22. The van der Waals surface area contributed by atoms with Crippen molar-refractivity contribution in [1.29, 1.82) is 0 Å². The number of hydrogen-bond acceptors (Lipinski definition) is 2. The maximum Gasteiger partial charge on any atom is 0.0143 e. The first-order chi connectivity index (χ1) is 8.93. The lowest BCUT2D eigenvalue weighted by Crippen LogP contribution is -2.26. The Hall–Kier alpha value is -0.860. The molecule has 0 radical (unpaired) electrons. The van der Waals surface area contributed by atoms with Gasteiger partial charge in [-0.25, -0.2) is 0 Å². The maximum absolute atomic E-state index is 3.77. The SMILES string of the molecule is c1ccc([C@H]2C[C@@H]2NCC2CCCNCC2)cc1. The standard InChI is InChI=1S/C16H24N2/c1-2-6-14(7-3-1)15-11-16(15)18-12-13-5-4-9-17-10-8-13/h1-3,6-7,13,15-18H,4-5,8-12H2/t13?,15-,16+/m1/s1. The van der Waals surface area contributed by atoms with Gasteiger partial charge in [-0.2, -0.15) is 0 Å². The predicted octanol–water partition coefficient (Wildman–Crippen LogP) is 2.52. The van der Waals surface area contributed by atoms with E-state index >= 15 is 0 Å². The van der Waals surface area contributed by atoms with Gasteiger partial charge >= 0.3 is 0 Å². The molecule has 3 atom stereocenters. The molecule has 1 aromatic rings. The van der Waals surface area contributed by atoms with E-state index in [1.807, 2.05) is 0 Å². The summed E-state index contributed by atoms with van der Waals surface area (Å²) in [5.74, 6) is 1.66. The van der Waals surface area contributed by atoms with E-state index < -0.39 is 0 Å². The molecule has 0 aromatic heterocycles. The quantitative estimate of drug-likeness (QED) is 0.850. The lowest BCUT2D eigenvalue weighted by Gasteiger charge is -2.14. The van der Waals surface area contributed by atoms with Gasteiger partial charge in [0.15, 0.2) is 0 Å². The molecule has 1 aliphatic heterocycles. The highest BCUT2D eigenvalue weighted by Crippen LogP contribution is 2.40. The molecule has 1 aliphatic carbocycles. The molecule has 2 N–H and O–H groups in total. The molecule has 3 rings (SSSR count). The summed E-state index contributed by atoms with van der Waals surface area (Å²) >= 11 is 0. The van der Waals surface area contributed by atoms with E-state index in [4.69, 9.17) is 0 Å². The van der Waals surface area contributed by atoms with E-state index in [0.717, 1.165) is 17.9 Å². The van der Waals surface area contributed by atoms with Crippen molar-refractivity contribution >= 4 is 0 Å². The van der Waals surface area contributed by atoms with Crippen LogP contribution in [0.2, 0.25) is 0 Å². The third-order valence-corrected chi connectivity index (χ3v) is 4.38. The van der Waals surface area contributed by atoms with Gasteiger partial charge < -0.3 is 10.6 Å². The molecule has 18 heavy (non-hydrogen) atoms. The van der Waals surface area contributed by atoms with Crippen LogP contribution in [0.5, 0.6) is 0 Å². The Morgan fingerprint density at radius 3 is 2.89 bits per heavy atom. The van der Waals surface area contributed by atoms with Crippen molar-refractivity contribution in [1.82, 2.24) is 10.6 Å². The maximum atomic E-state index is 3.77. The fourth-order valence-electron chi connectivity index (χ4n) is 3.10. The van der Waals surface area contributed by atoms with Gasteiger partial charge in [0.05, 0.1) is 0 Å². The highest BCUT2D eigenvalue weighted by Gasteiger charge is 2.37. The van der Waals surface area contributed by atoms with Crippen LogP contribution in [0.15, 0.2) is 30.3 Å². The normalized spacial score (nSPS) is 31.9. The number of hydrogen-bond donors (Lipinski definition) is 2. The minimum absolute atomic E-state index is 0.739. The molecule has 1 heterocycles. The van der Waals surface area contributed by atoms with E-state index in [1.54, 1.807) is 0 Å². The lowest BCUT2D eigenvalue weighted by molar-refractivity contribution is 0.431. The first-order valence-electron chi connectivity index (χ1n) is 7.42. The van der Waals surface area contributed by atoms with Crippen LogP contribution in [0.1, 0.15) is 37.2 Å². The monoisotopic (exact) mass is 244 g/mol. The number of rotatable bonds is 4. The third-order valence-electron chi connectivity index (χ3n) is 4.38. The van der Waals surface area contributed by atoms with Crippen molar-refractivity contribution in [2.75, 3.05) is 19.6 Å². The molecule has 1 saturated heterocycles. The average molecular weight is 244 g/mol. The van der Waals surface area contributed by atoms with Crippen LogP contribution in [0.4, 0.5) is 0 Å². The van der Waals surface area contributed by atoms with Crippen molar-refractivity contribution in [3.8, 4) is 0 Å². The Morgan fingerprint density at radius 1 is 1.11 bits per heavy atom. The highest BCUT2D eigenvalue weighted by atomic mass is 15.0. The second-order valence-electron chi connectivity index (χ2n) is 5.81. The molecule has 98 valence electrons. The summed E-state index contributed by atoms with van der Waals surface area (Å²) in [6, 6.07) is 11.7. The van der Waals surface area contributed by atoms with Gasteiger partial charge in [-0.3, -0.25) is 0 Å². The Morgan fingerprint density at radius 2 is 2.00 bits per heavy atom. The van der Waals surface area contributed by atoms with Crippen LogP contribution in [0, 0.1) is 5.92 Å². The van der Waals surface area contributed by atoms with Crippen molar-refractivity contribution in [3.05, 3.63) is 35.9 Å². The molecule has 1 aromatic carbocycles. The first-order valence-corrected chi connectivity index (χ1v) is 7.42. The molecule has 1 saturated carbocycles. The van der Waals surface area contributed by atoms with Crippen LogP contribution >= 0.6 is 0 Å². The molecule has 2 aliphatic rings. The highest BCUT2D eigenvalue weighted by molar-refractivity contribution is 5.27. The summed E-state index contributed by atoms with van der Waals surface area (Å²) in [6.07, 6.45) is 5.41. The van der Waals surface area contributed by atoms with E-state index in [9.17, 15) is 0 Å². The van der Waals surface area contributed by atoms with Crippen molar-refractivity contribution in [2.45, 2.75) is 37.6 Å². The fraction of sp³-hybridized carbons (Fsp3) is 0.625. The van der Waals surface area contributed by atoms with Gasteiger partial charge in [0, 0.05) is 12.0 Å². The largest absolute Gasteiger partial charge is 0.317 e. The fourth-order valence-corrected chi connectivity index (χ4v) is 3.10. The van der Waals surface area contributed by atoms with Crippen LogP contribution in [0.3, 0.4) is 0 Å².